The average molecular weight is 409 g/mol. The summed E-state index contributed by atoms with van der Waals surface area (Å²) in [7, 11) is 0. The number of hydrogen-bond donors (Lipinski definition) is 2. The molecule has 7 nitrogen and oxygen atoms in total. The molecule has 3 amide bonds. The van der Waals surface area contributed by atoms with Gasteiger partial charge in [-0.05, 0) is 49.2 Å². The van der Waals surface area contributed by atoms with Crippen molar-refractivity contribution in [3.05, 3.63) is 65.2 Å². The summed E-state index contributed by atoms with van der Waals surface area (Å²) in [5, 5.41) is 2.86. The number of piperazine rings is 1. The van der Waals surface area contributed by atoms with Gasteiger partial charge in [-0.15, -0.1) is 0 Å². The number of carbonyl (C=O) groups is 3. The zero-order chi connectivity index (χ0) is 21.7. The van der Waals surface area contributed by atoms with Gasteiger partial charge in [0.15, 0.2) is 0 Å². The highest BCUT2D eigenvalue weighted by Crippen LogP contribution is 2.14. The van der Waals surface area contributed by atoms with Gasteiger partial charge in [-0.25, -0.2) is 0 Å². The number of rotatable bonds is 6. The first kappa shape index (κ1) is 21.5. The molecule has 3 rings (SSSR count). The van der Waals surface area contributed by atoms with Crippen molar-refractivity contribution in [2.45, 2.75) is 26.3 Å². The van der Waals surface area contributed by atoms with E-state index in [1.54, 1.807) is 24.3 Å². The molecule has 1 atom stereocenters. The van der Waals surface area contributed by atoms with Crippen LogP contribution in [0, 0.1) is 6.92 Å². The van der Waals surface area contributed by atoms with Gasteiger partial charge in [0.1, 0.15) is 0 Å². The normalized spacial score (nSPS) is 15.5. The molecule has 2 aromatic rings. The number of amides is 3. The summed E-state index contributed by atoms with van der Waals surface area (Å²) in [4.78, 5) is 40.3. The smallest absolute Gasteiger partial charge is 0.248 e. The van der Waals surface area contributed by atoms with E-state index < -0.39 is 5.91 Å². The second kappa shape index (κ2) is 9.54. The number of benzene rings is 2. The Morgan fingerprint density at radius 1 is 1.00 bits per heavy atom. The van der Waals surface area contributed by atoms with Gasteiger partial charge in [-0.3, -0.25) is 19.3 Å². The van der Waals surface area contributed by atoms with Gasteiger partial charge in [0.05, 0.1) is 12.5 Å². The maximum atomic E-state index is 12.6. The number of anilines is 1. The lowest BCUT2D eigenvalue weighted by Crippen LogP contribution is -2.54. The summed E-state index contributed by atoms with van der Waals surface area (Å²) in [6.45, 7) is 6.38. The van der Waals surface area contributed by atoms with Crippen LogP contribution in [0.25, 0.3) is 0 Å². The van der Waals surface area contributed by atoms with Crippen LogP contribution in [0.2, 0.25) is 0 Å². The van der Waals surface area contributed by atoms with Gasteiger partial charge in [-0.1, -0.05) is 24.3 Å². The molecular formula is C23H28N4O3. The van der Waals surface area contributed by atoms with Gasteiger partial charge in [-0.2, -0.15) is 0 Å². The lowest BCUT2D eigenvalue weighted by Gasteiger charge is -2.37. The lowest BCUT2D eigenvalue weighted by atomic mass is 10.0. The molecule has 1 saturated heterocycles. The minimum absolute atomic E-state index is 0.121. The van der Waals surface area contributed by atoms with E-state index in [0.717, 1.165) is 11.1 Å². The van der Waals surface area contributed by atoms with Crippen molar-refractivity contribution >= 4 is 23.4 Å². The summed E-state index contributed by atoms with van der Waals surface area (Å²) in [5.74, 6) is -0.506. The van der Waals surface area contributed by atoms with Crippen molar-refractivity contribution in [3.63, 3.8) is 0 Å². The molecule has 0 aromatic heterocycles. The lowest BCUT2D eigenvalue weighted by molar-refractivity contribution is -0.133. The predicted octanol–water partition coefficient (Wildman–Crippen LogP) is 1.81. The van der Waals surface area contributed by atoms with Gasteiger partial charge in [0, 0.05) is 37.4 Å². The van der Waals surface area contributed by atoms with Gasteiger partial charge < -0.3 is 16.0 Å². The predicted molar refractivity (Wildman–Crippen MR) is 116 cm³/mol. The molecule has 1 aliphatic heterocycles. The molecule has 1 aliphatic rings. The second-order valence-corrected chi connectivity index (χ2v) is 7.63. The van der Waals surface area contributed by atoms with Crippen molar-refractivity contribution < 1.29 is 14.4 Å². The fourth-order valence-electron chi connectivity index (χ4n) is 3.57. The second-order valence-electron chi connectivity index (χ2n) is 7.63. The molecule has 1 unspecified atom stereocenters. The minimum atomic E-state index is -0.504. The summed E-state index contributed by atoms with van der Waals surface area (Å²) in [5.41, 5.74) is 8.42. The third-order valence-electron chi connectivity index (χ3n) is 5.63. The monoisotopic (exact) mass is 408 g/mol. The van der Waals surface area contributed by atoms with Gasteiger partial charge in [0.2, 0.25) is 17.7 Å². The van der Waals surface area contributed by atoms with Crippen LogP contribution >= 0.6 is 0 Å². The molecule has 30 heavy (non-hydrogen) atoms. The number of carbonyl (C=O) groups excluding carboxylic acids is 3. The number of nitrogens with one attached hydrogen (secondary N) is 1. The third kappa shape index (κ3) is 5.24. The Balaban J connectivity index is 1.50. The topological polar surface area (TPSA) is 95.7 Å². The minimum Gasteiger partial charge on any atom is -0.366 e. The molecule has 0 bridgehead atoms. The first-order valence-electron chi connectivity index (χ1n) is 10.1. The largest absolute Gasteiger partial charge is 0.366 e. The molecular weight excluding hydrogens is 380 g/mol. The Morgan fingerprint density at radius 3 is 2.23 bits per heavy atom. The van der Waals surface area contributed by atoms with Crippen molar-refractivity contribution in [1.29, 1.82) is 0 Å². The molecule has 2 aromatic carbocycles. The van der Waals surface area contributed by atoms with E-state index >= 15 is 0 Å². The molecule has 0 aliphatic carbocycles. The van der Waals surface area contributed by atoms with Crippen LogP contribution < -0.4 is 11.1 Å². The number of nitrogens with zero attached hydrogens (tertiary/aromatic N) is 2. The van der Waals surface area contributed by atoms with Crippen LogP contribution in [-0.2, 0) is 16.0 Å². The SMILES string of the molecule is Cc1ccccc1CC(=O)N1CCN(C(C)C(=O)Nc2ccc(C(N)=O)cc2)CC1. The van der Waals surface area contributed by atoms with Crippen LogP contribution in [0.1, 0.15) is 28.4 Å². The highest BCUT2D eigenvalue weighted by atomic mass is 16.2. The van der Waals surface area contributed by atoms with Crippen molar-refractivity contribution in [2.24, 2.45) is 5.73 Å². The van der Waals surface area contributed by atoms with E-state index in [-0.39, 0.29) is 17.9 Å². The van der Waals surface area contributed by atoms with Crippen molar-refractivity contribution in [3.8, 4) is 0 Å². The maximum absolute atomic E-state index is 12.6. The Bertz CT molecular complexity index is 918. The zero-order valence-electron chi connectivity index (χ0n) is 17.4. The van der Waals surface area contributed by atoms with E-state index in [1.807, 2.05) is 43.0 Å². The Kier molecular flexibility index (Phi) is 6.84. The van der Waals surface area contributed by atoms with Gasteiger partial charge >= 0.3 is 0 Å². The fraction of sp³-hybridized carbons (Fsp3) is 0.348. The van der Waals surface area contributed by atoms with Crippen molar-refractivity contribution in [2.75, 3.05) is 31.5 Å². The average Bonchev–Trinajstić information content (AvgIpc) is 2.75. The summed E-state index contributed by atoms with van der Waals surface area (Å²) in [6, 6.07) is 14.1. The number of primary amides is 1. The van der Waals surface area contributed by atoms with Crippen LogP contribution in [0.15, 0.2) is 48.5 Å². The maximum Gasteiger partial charge on any atom is 0.248 e. The first-order chi connectivity index (χ1) is 14.3. The first-order valence-corrected chi connectivity index (χ1v) is 10.1. The summed E-state index contributed by atoms with van der Waals surface area (Å²) >= 11 is 0. The van der Waals surface area contributed by atoms with Crippen LogP contribution in [-0.4, -0.2) is 59.7 Å². The zero-order valence-corrected chi connectivity index (χ0v) is 17.4. The molecule has 3 N–H and O–H groups in total. The molecule has 7 heteroatoms. The van der Waals surface area contributed by atoms with Crippen LogP contribution in [0.3, 0.4) is 0 Å². The molecule has 0 radical (unpaired) electrons. The van der Waals surface area contributed by atoms with E-state index in [4.69, 9.17) is 5.73 Å². The standard InChI is InChI=1S/C23H28N4O3/c1-16-5-3-4-6-19(16)15-21(28)27-13-11-26(12-14-27)17(2)23(30)25-20-9-7-18(8-10-20)22(24)29/h3-10,17H,11-15H2,1-2H3,(H2,24,29)(H,25,30). The Labute approximate surface area is 176 Å². The number of nitrogens with two attached hydrogens (primary N) is 1. The third-order valence-corrected chi connectivity index (χ3v) is 5.63. The van der Waals surface area contributed by atoms with Crippen molar-refractivity contribution in [1.82, 2.24) is 9.80 Å². The van der Waals surface area contributed by atoms with E-state index in [2.05, 4.69) is 10.2 Å². The molecule has 1 fully saturated rings. The number of aryl methyl sites for hydroxylation is 1. The fourth-order valence-corrected chi connectivity index (χ4v) is 3.57. The van der Waals surface area contributed by atoms with Crippen LogP contribution in [0.5, 0.6) is 0 Å². The Hall–Kier alpha value is -3.19. The highest BCUT2D eigenvalue weighted by molar-refractivity contribution is 5.96. The molecule has 1 heterocycles. The highest BCUT2D eigenvalue weighted by Gasteiger charge is 2.27. The molecule has 0 spiro atoms. The summed E-state index contributed by atoms with van der Waals surface area (Å²) in [6.07, 6.45) is 0.407. The van der Waals surface area contributed by atoms with E-state index in [1.165, 1.54) is 0 Å². The summed E-state index contributed by atoms with van der Waals surface area (Å²) < 4.78 is 0. The van der Waals surface area contributed by atoms with Crippen LogP contribution in [0.4, 0.5) is 5.69 Å². The van der Waals surface area contributed by atoms with Gasteiger partial charge in [0.25, 0.3) is 0 Å². The quantitative estimate of drug-likeness (QED) is 0.762. The number of hydrogen-bond acceptors (Lipinski definition) is 4. The molecule has 158 valence electrons. The Morgan fingerprint density at radius 2 is 1.63 bits per heavy atom. The van der Waals surface area contributed by atoms with E-state index in [9.17, 15) is 14.4 Å². The molecule has 0 saturated carbocycles. The van der Waals surface area contributed by atoms with E-state index in [0.29, 0.717) is 43.9 Å².